The molecule has 0 saturated carbocycles. The molecule has 1 aliphatic rings. The molecule has 1 fully saturated rings. The monoisotopic (exact) mass is 433 g/mol. The predicted octanol–water partition coefficient (Wildman–Crippen LogP) is 2.32. The third-order valence-corrected chi connectivity index (χ3v) is 5.46. The predicted molar refractivity (Wildman–Crippen MR) is 106 cm³/mol. The minimum absolute atomic E-state index is 0.128. The number of likely N-dealkylation sites (tertiary alicyclic amines) is 1. The Labute approximate surface area is 170 Å². The lowest BCUT2D eigenvalue weighted by Crippen LogP contribution is -2.56. The summed E-state index contributed by atoms with van der Waals surface area (Å²) in [5.41, 5.74) is 6.12. The van der Waals surface area contributed by atoms with Gasteiger partial charge in [0.25, 0.3) is 0 Å². The SMILES string of the molecule is CC(C)(C)OC(=O)N1C[C@@H](N)[C@H](c2ccc(F)c(F)c2)CC1CCNS(C)(=O)=O. The summed E-state index contributed by atoms with van der Waals surface area (Å²) in [5, 5.41) is 0. The molecule has 1 unspecified atom stereocenters. The van der Waals surface area contributed by atoms with E-state index in [0.29, 0.717) is 18.4 Å². The number of hydrogen-bond acceptors (Lipinski definition) is 5. The van der Waals surface area contributed by atoms with Crippen molar-refractivity contribution in [3.05, 3.63) is 35.4 Å². The van der Waals surface area contributed by atoms with Gasteiger partial charge in [-0.1, -0.05) is 6.07 Å². The van der Waals surface area contributed by atoms with Gasteiger partial charge in [0.2, 0.25) is 10.0 Å². The van der Waals surface area contributed by atoms with Crippen molar-refractivity contribution in [2.75, 3.05) is 19.3 Å². The summed E-state index contributed by atoms with van der Waals surface area (Å²) in [6.07, 6.45) is 1.22. The molecule has 3 atom stereocenters. The summed E-state index contributed by atoms with van der Waals surface area (Å²) in [7, 11) is -3.38. The molecule has 0 aromatic heterocycles. The Balaban J connectivity index is 2.23. The lowest BCUT2D eigenvalue weighted by Gasteiger charge is -2.43. The van der Waals surface area contributed by atoms with E-state index >= 15 is 0 Å². The molecular formula is C19H29F2N3O4S. The van der Waals surface area contributed by atoms with Crippen LogP contribution in [0.15, 0.2) is 18.2 Å². The minimum atomic E-state index is -3.38. The van der Waals surface area contributed by atoms with Crippen LogP contribution >= 0.6 is 0 Å². The molecule has 1 aromatic carbocycles. The second-order valence-corrected chi connectivity index (χ2v) is 10.3. The first-order valence-corrected chi connectivity index (χ1v) is 11.3. The summed E-state index contributed by atoms with van der Waals surface area (Å²) in [5.74, 6) is -2.21. The van der Waals surface area contributed by atoms with Crippen LogP contribution in [0.1, 0.15) is 45.1 Å². The summed E-state index contributed by atoms with van der Waals surface area (Å²) < 4.78 is 57.6. The van der Waals surface area contributed by atoms with E-state index in [4.69, 9.17) is 10.5 Å². The number of carbonyl (C=O) groups excluding carboxylic acids is 1. The molecular weight excluding hydrogens is 404 g/mol. The highest BCUT2D eigenvalue weighted by molar-refractivity contribution is 7.88. The largest absolute Gasteiger partial charge is 0.444 e. The Bertz CT molecular complexity index is 842. The van der Waals surface area contributed by atoms with Gasteiger partial charge in [0.1, 0.15) is 5.60 Å². The fourth-order valence-corrected chi connectivity index (χ4v) is 3.94. The zero-order valence-corrected chi connectivity index (χ0v) is 17.9. The summed E-state index contributed by atoms with van der Waals surface area (Å²) in [6, 6.07) is 2.77. The highest BCUT2D eigenvalue weighted by Crippen LogP contribution is 2.33. The van der Waals surface area contributed by atoms with Crippen LogP contribution in [0, 0.1) is 11.6 Å². The number of hydrogen-bond donors (Lipinski definition) is 2. The van der Waals surface area contributed by atoms with Crippen molar-refractivity contribution in [1.82, 2.24) is 9.62 Å². The number of piperidine rings is 1. The van der Waals surface area contributed by atoms with Gasteiger partial charge in [0, 0.05) is 31.1 Å². The van der Waals surface area contributed by atoms with Gasteiger partial charge in [-0.2, -0.15) is 0 Å². The number of benzene rings is 1. The highest BCUT2D eigenvalue weighted by Gasteiger charge is 2.38. The molecule has 7 nitrogen and oxygen atoms in total. The number of halogens is 2. The first kappa shape index (κ1) is 23.5. The second-order valence-electron chi connectivity index (χ2n) is 8.42. The molecule has 1 heterocycles. The normalized spacial score (nSPS) is 23.1. The molecule has 1 saturated heterocycles. The van der Waals surface area contributed by atoms with E-state index in [1.807, 2.05) is 0 Å². The molecule has 1 aromatic rings. The number of amides is 1. The first-order valence-electron chi connectivity index (χ1n) is 9.41. The summed E-state index contributed by atoms with van der Waals surface area (Å²) in [6.45, 7) is 5.53. The topological polar surface area (TPSA) is 102 Å². The van der Waals surface area contributed by atoms with Crippen LogP contribution in [0.2, 0.25) is 0 Å². The molecule has 1 amide bonds. The third-order valence-electron chi connectivity index (χ3n) is 4.73. The van der Waals surface area contributed by atoms with Gasteiger partial charge in [-0.25, -0.2) is 26.7 Å². The van der Waals surface area contributed by atoms with Gasteiger partial charge in [0.05, 0.1) is 6.26 Å². The molecule has 0 spiro atoms. The maximum Gasteiger partial charge on any atom is 0.410 e. The Morgan fingerprint density at radius 3 is 2.52 bits per heavy atom. The number of nitrogens with one attached hydrogen (secondary N) is 1. The second kappa shape index (κ2) is 8.93. The fourth-order valence-electron chi connectivity index (χ4n) is 3.45. The van der Waals surface area contributed by atoms with Crippen LogP contribution in [-0.4, -0.2) is 56.4 Å². The standard InChI is InChI=1S/C19H29F2N3O4S/c1-19(2,3)28-18(25)24-11-17(22)14(12-5-6-15(20)16(21)9-12)10-13(24)7-8-23-29(4,26)27/h5-6,9,13-14,17,23H,7-8,10-11,22H2,1-4H3/t13?,14-,17+/m0/s1. The van der Waals surface area contributed by atoms with Gasteiger partial charge in [-0.3, -0.25) is 0 Å². The quantitative estimate of drug-likeness (QED) is 0.742. The van der Waals surface area contributed by atoms with Crippen molar-refractivity contribution < 1.29 is 26.7 Å². The fraction of sp³-hybridized carbons (Fsp3) is 0.632. The lowest BCUT2D eigenvalue weighted by molar-refractivity contribution is 0.00455. The molecule has 29 heavy (non-hydrogen) atoms. The van der Waals surface area contributed by atoms with Gasteiger partial charge < -0.3 is 15.4 Å². The van der Waals surface area contributed by atoms with E-state index in [0.717, 1.165) is 18.4 Å². The minimum Gasteiger partial charge on any atom is -0.444 e. The summed E-state index contributed by atoms with van der Waals surface area (Å²) >= 11 is 0. The number of carbonyl (C=O) groups is 1. The van der Waals surface area contributed by atoms with Crippen LogP contribution in [0.5, 0.6) is 0 Å². The van der Waals surface area contributed by atoms with Crippen molar-refractivity contribution in [3.8, 4) is 0 Å². The van der Waals surface area contributed by atoms with E-state index in [2.05, 4.69) is 4.72 Å². The molecule has 0 bridgehead atoms. The van der Waals surface area contributed by atoms with Crippen molar-refractivity contribution in [2.45, 2.75) is 57.2 Å². The number of nitrogens with two attached hydrogens (primary N) is 1. The van der Waals surface area contributed by atoms with Crippen LogP contribution in [0.4, 0.5) is 13.6 Å². The number of nitrogens with zero attached hydrogens (tertiary/aromatic N) is 1. The Morgan fingerprint density at radius 2 is 1.97 bits per heavy atom. The van der Waals surface area contributed by atoms with Gasteiger partial charge >= 0.3 is 6.09 Å². The van der Waals surface area contributed by atoms with E-state index in [9.17, 15) is 22.0 Å². The van der Waals surface area contributed by atoms with E-state index in [-0.39, 0.29) is 25.0 Å². The molecule has 0 aliphatic carbocycles. The van der Waals surface area contributed by atoms with Crippen molar-refractivity contribution in [1.29, 1.82) is 0 Å². The number of rotatable bonds is 5. The maximum absolute atomic E-state index is 13.7. The molecule has 3 N–H and O–H groups in total. The van der Waals surface area contributed by atoms with Crippen LogP contribution in [0.25, 0.3) is 0 Å². The molecule has 2 rings (SSSR count). The van der Waals surface area contributed by atoms with Crippen LogP contribution in [-0.2, 0) is 14.8 Å². The van der Waals surface area contributed by atoms with Gasteiger partial charge in [-0.05, 0) is 51.3 Å². The van der Waals surface area contributed by atoms with Gasteiger partial charge in [0.15, 0.2) is 11.6 Å². The lowest BCUT2D eigenvalue weighted by atomic mass is 9.81. The zero-order chi connectivity index (χ0) is 22.0. The van der Waals surface area contributed by atoms with Crippen molar-refractivity contribution in [2.24, 2.45) is 5.73 Å². The smallest absolute Gasteiger partial charge is 0.410 e. The van der Waals surface area contributed by atoms with Crippen molar-refractivity contribution in [3.63, 3.8) is 0 Å². The first-order chi connectivity index (χ1) is 13.3. The Morgan fingerprint density at radius 1 is 1.31 bits per heavy atom. The van der Waals surface area contributed by atoms with E-state index in [1.54, 1.807) is 20.8 Å². The van der Waals surface area contributed by atoms with E-state index in [1.165, 1.54) is 11.0 Å². The van der Waals surface area contributed by atoms with Crippen LogP contribution in [0.3, 0.4) is 0 Å². The molecule has 0 radical (unpaired) electrons. The van der Waals surface area contributed by atoms with E-state index < -0.39 is 39.4 Å². The Hall–Kier alpha value is -1.78. The zero-order valence-electron chi connectivity index (χ0n) is 17.1. The van der Waals surface area contributed by atoms with Gasteiger partial charge in [-0.15, -0.1) is 0 Å². The highest BCUT2D eigenvalue weighted by atomic mass is 32.2. The van der Waals surface area contributed by atoms with Crippen molar-refractivity contribution >= 4 is 16.1 Å². The molecule has 1 aliphatic heterocycles. The number of sulfonamides is 1. The average Bonchev–Trinajstić information content (AvgIpc) is 2.55. The maximum atomic E-state index is 13.7. The molecule has 164 valence electrons. The average molecular weight is 434 g/mol. The third kappa shape index (κ3) is 6.90. The van der Waals surface area contributed by atoms with Crippen LogP contribution < -0.4 is 10.5 Å². The number of ether oxygens (including phenoxy) is 1. The Kier molecular flexibility index (Phi) is 7.23. The summed E-state index contributed by atoms with van der Waals surface area (Å²) in [4.78, 5) is 14.2. The molecule has 10 heteroatoms.